The predicted molar refractivity (Wildman–Crippen MR) is 94.7 cm³/mol. The quantitative estimate of drug-likeness (QED) is 0.510. The van der Waals surface area contributed by atoms with Crippen LogP contribution in [0.3, 0.4) is 0 Å². The second-order valence-corrected chi connectivity index (χ2v) is 6.25. The zero-order chi connectivity index (χ0) is 20.6. The lowest BCUT2D eigenvalue weighted by Gasteiger charge is -2.10. The maximum atomic E-state index is 13.7. The van der Waals surface area contributed by atoms with Crippen molar-refractivity contribution in [2.24, 2.45) is 0 Å². The third-order valence-electron chi connectivity index (χ3n) is 3.79. The van der Waals surface area contributed by atoms with Gasteiger partial charge in [-0.3, -0.25) is 9.48 Å². The summed E-state index contributed by atoms with van der Waals surface area (Å²) in [5.41, 5.74) is -0.499. The summed E-state index contributed by atoms with van der Waals surface area (Å²) in [6, 6.07) is 2.31. The Balaban J connectivity index is 1.99. The van der Waals surface area contributed by atoms with E-state index in [1.807, 2.05) is 0 Å². The van der Waals surface area contributed by atoms with E-state index in [4.69, 9.17) is 11.6 Å². The lowest BCUT2D eigenvalue weighted by atomic mass is 10.3. The molecule has 0 saturated carbocycles. The van der Waals surface area contributed by atoms with E-state index in [0.717, 1.165) is 10.6 Å². The summed E-state index contributed by atoms with van der Waals surface area (Å²) < 4.78 is 34.2. The Morgan fingerprint density at radius 3 is 2.64 bits per heavy atom. The van der Waals surface area contributed by atoms with Gasteiger partial charge in [0.05, 0.1) is 12.8 Å². The molecule has 3 rings (SSSR count). The Labute approximate surface area is 162 Å². The number of aryl methyl sites for hydroxylation is 2. The molecule has 0 aliphatic rings. The van der Waals surface area contributed by atoms with Crippen LogP contribution in [0.15, 0.2) is 18.3 Å². The predicted octanol–water partition coefficient (Wildman–Crippen LogP) is 2.58. The van der Waals surface area contributed by atoms with E-state index in [0.29, 0.717) is 6.54 Å². The SMILES string of the molecule is CCn1cc(NC(=O)c2cc3nc(C)cc(C(F)(F)Cl)n3n2)c(C(=O)OC)n1. The van der Waals surface area contributed by atoms with Crippen molar-refractivity contribution < 1.29 is 23.1 Å². The second kappa shape index (κ2) is 7.15. The van der Waals surface area contributed by atoms with Crippen LogP contribution in [0.1, 0.15) is 39.3 Å². The second-order valence-electron chi connectivity index (χ2n) is 5.77. The third kappa shape index (κ3) is 3.65. The van der Waals surface area contributed by atoms with Crippen molar-refractivity contribution >= 4 is 34.8 Å². The summed E-state index contributed by atoms with van der Waals surface area (Å²) in [5.74, 6) is -1.48. The van der Waals surface area contributed by atoms with Crippen molar-refractivity contribution in [2.75, 3.05) is 12.4 Å². The maximum Gasteiger partial charge on any atom is 0.364 e. The number of nitrogens with one attached hydrogen (secondary N) is 1. The van der Waals surface area contributed by atoms with E-state index in [1.54, 1.807) is 6.92 Å². The lowest BCUT2D eigenvalue weighted by Crippen LogP contribution is -2.16. The number of hydrogen-bond donors (Lipinski definition) is 1. The molecule has 0 fully saturated rings. The molecule has 0 bridgehead atoms. The van der Waals surface area contributed by atoms with E-state index < -0.39 is 23.0 Å². The summed E-state index contributed by atoms with van der Waals surface area (Å²) >= 11 is 5.13. The number of aromatic nitrogens is 5. The van der Waals surface area contributed by atoms with Crippen LogP contribution in [0, 0.1) is 6.92 Å². The number of amides is 1. The standard InChI is InChI=1S/C16H15ClF2N6O3/c1-4-24-7-10(13(23-24)15(27)28-3)21-14(26)9-6-12-20-8(2)5-11(16(17,18)19)25(12)22-9/h5-7H,4H2,1-3H3,(H,21,26). The minimum Gasteiger partial charge on any atom is -0.464 e. The van der Waals surface area contributed by atoms with E-state index in [-0.39, 0.29) is 28.4 Å². The van der Waals surface area contributed by atoms with Crippen LogP contribution < -0.4 is 5.32 Å². The zero-order valence-corrected chi connectivity index (χ0v) is 15.8. The number of hydrogen-bond acceptors (Lipinski definition) is 6. The Kier molecular flexibility index (Phi) is 5.02. The Hall–Kier alpha value is -3.08. The van der Waals surface area contributed by atoms with Gasteiger partial charge in [-0.05, 0) is 31.5 Å². The van der Waals surface area contributed by atoms with Crippen LogP contribution in [-0.4, -0.2) is 43.4 Å². The highest BCUT2D eigenvalue weighted by Crippen LogP contribution is 2.32. The van der Waals surface area contributed by atoms with E-state index in [9.17, 15) is 18.4 Å². The molecule has 0 saturated heterocycles. The van der Waals surface area contributed by atoms with Gasteiger partial charge >= 0.3 is 11.4 Å². The molecule has 0 aliphatic carbocycles. The highest BCUT2D eigenvalue weighted by atomic mass is 35.5. The number of carbonyl (C=O) groups is 2. The summed E-state index contributed by atoms with van der Waals surface area (Å²) in [7, 11) is 1.18. The monoisotopic (exact) mass is 412 g/mol. The van der Waals surface area contributed by atoms with Crippen LogP contribution in [0.25, 0.3) is 5.65 Å². The Morgan fingerprint density at radius 2 is 2.04 bits per heavy atom. The molecule has 0 aromatic carbocycles. The number of anilines is 1. The van der Waals surface area contributed by atoms with Crippen molar-refractivity contribution in [2.45, 2.75) is 25.8 Å². The molecular formula is C16H15ClF2N6O3. The first kappa shape index (κ1) is 19.7. The fourth-order valence-electron chi connectivity index (χ4n) is 2.52. The van der Waals surface area contributed by atoms with E-state index in [2.05, 4.69) is 25.2 Å². The average Bonchev–Trinajstić information content (AvgIpc) is 3.23. The normalized spacial score (nSPS) is 11.6. The van der Waals surface area contributed by atoms with Gasteiger partial charge < -0.3 is 10.1 Å². The van der Waals surface area contributed by atoms with Crippen LogP contribution in [0.4, 0.5) is 14.5 Å². The molecule has 0 unspecified atom stereocenters. The highest BCUT2D eigenvalue weighted by Gasteiger charge is 2.33. The Bertz CT molecular complexity index is 1070. The molecule has 0 spiro atoms. The van der Waals surface area contributed by atoms with Gasteiger partial charge in [0.2, 0.25) is 0 Å². The highest BCUT2D eigenvalue weighted by molar-refractivity contribution is 6.21. The number of methoxy groups -OCH3 is 1. The third-order valence-corrected chi connectivity index (χ3v) is 3.98. The first-order valence-electron chi connectivity index (χ1n) is 8.05. The molecule has 28 heavy (non-hydrogen) atoms. The van der Waals surface area contributed by atoms with Gasteiger partial charge in [-0.25, -0.2) is 14.3 Å². The number of alkyl halides is 3. The van der Waals surface area contributed by atoms with Gasteiger partial charge in [-0.1, -0.05) is 0 Å². The molecule has 0 radical (unpaired) electrons. The van der Waals surface area contributed by atoms with Crippen molar-refractivity contribution in [3.05, 3.63) is 41.1 Å². The number of ether oxygens (including phenoxy) is 1. The number of nitrogens with zero attached hydrogens (tertiary/aromatic N) is 5. The van der Waals surface area contributed by atoms with Crippen LogP contribution in [0.2, 0.25) is 0 Å². The summed E-state index contributed by atoms with van der Waals surface area (Å²) in [4.78, 5) is 28.5. The van der Waals surface area contributed by atoms with Gasteiger partial charge in [-0.2, -0.15) is 19.0 Å². The van der Waals surface area contributed by atoms with Gasteiger partial charge in [0.1, 0.15) is 5.69 Å². The van der Waals surface area contributed by atoms with Gasteiger partial charge in [0, 0.05) is 24.5 Å². The molecular weight excluding hydrogens is 398 g/mol. The van der Waals surface area contributed by atoms with E-state index >= 15 is 0 Å². The number of carbonyl (C=O) groups excluding carboxylic acids is 2. The molecule has 148 valence electrons. The molecule has 3 aromatic heterocycles. The van der Waals surface area contributed by atoms with Gasteiger partial charge in [0.15, 0.2) is 17.0 Å². The van der Waals surface area contributed by atoms with Gasteiger partial charge in [-0.15, -0.1) is 0 Å². The van der Waals surface area contributed by atoms with Crippen LogP contribution in [-0.2, 0) is 16.7 Å². The summed E-state index contributed by atoms with van der Waals surface area (Å²) in [5, 5.41) is 6.67. The molecule has 12 heteroatoms. The van der Waals surface area contributed by atoms with Crippen molar-refractivity contribution in [3.8, 4) is 0 Å². The largest absolute Gasteiger partial charge is 0.464 e. The van der Waals surface area contributed by atoms with Crippen LogP contribution in [0.5, 0.6) is 0 Å². The molecule has 9 nitrogen and oxygen atoms in total. The smallest absolute Gasteiger partial charge is 0.364 e. The summed E-state index contributed by atoms with van der Waals surface area (Å²) in [6.45, 7) is 3.76. The fourth-order valence-corrected chi connectivity index (χ4v) is 2.66. The maximum absolute atomic E-state index is 13.7. The Morgan fingerprint density at radius 1 is 1.32 bits per heavy atom. The minimum absolute atomic E-state index is 0.0259. The number of halogens is 3. The molecule has 3 aromatic rings. The molecule has 1 amide bonds. The molecule has 3 heterocycles. The lowest BCUT2D eigenvalue weighted by molar-refractivity contribution is 0.0594. The molecule has 1 N–H and O–H groups in total. The number of esters is 1. The van der Waals surface area contributed by atoms with Crippen LogP contribution >= 0.6 is 11.6 Å². The fraction of sp³-hybridized carbons (Fsp3) is 0.312. The van der Waals surface area contributed by atoms with Gasteiger partial charge in [0.25, 0.3) is 5.91 Å². The average molecular weight is 413 g/mol. The first-order valence-corrected chi connectivity index (χ1v) is 8.43. The molecule has 0 aliphatic heterocycles. The van der Waals surface area contributed by atoms with Crippen molar-refractivity contribution in [1.82, 2.24) is 24.4 Å². The minimum atomic E-state index is -3.70. The number of rotatable bonds is 5. The van der Waals surface area contributed by atoms with Crippen molar-refractivity contribution in [1.29, 1.82) is 0 Å². The topological polar surface area (TPSA) is 103 Å². The first-order chi connectivity index (χ1) is 13.1. The summed E-state index contributed by atoms with van der Waals surface area (Å²) in [6.07, 6.45) is 1.45. The molecule has 0 atom stereocenters. The zero-order valence-electron chi connectivity index (χ0n) is 15.0. The number of fused-ring (bicyclic) bond motifs is 1. The van der Waals surface area contributed by atoms with E-state index in [1.165, 1.54) is 31.0 Å². The van der Waals surface area contributed by atoms with Crippen molar-refractivity contribution in [3.63, 3.8) is 0 Å².